The van der Waals surface area contributed by atoms with E-state index in [2.05, 4.69) is 10.4 Å². The molecule has 1 fully saturated rings. The van der Waals surface area contributed by atoms with Gasteiger partial charge in [0.15, 0.2) is 0 Å². The van der Waals surface area contributed by atoms with Gasteiger partial charge in [0.1, 0.15) is 0 Å². The van der Waals surface area contributed by atoms with Gasteiger partial charge in [0.2, 0.25) is 11.8 Å². The number of aromatic nitrogens is 2. The maximum Gasteiger partial charge on any atom is 0.225 e. The standard InChI is InChI=1S/C20H26N4O2/c1-14-19(15(2)24(22-14)18-9-5-4-6-10-18)12-21-20(26)17-8-7-11-23(13-17)16(3)25/h4-6,9-10,17H,7-8,11-13H2,1-3H3,(H,21,26)/t17-/m0/s1. The predicted molar refractivity (Wildman–Crippen MR) is 99.9 cm³/mol. The van der Waals surface area contributed by atoms with Crippen LogP contribution in [-0.2, 0) is 16.1 Å². The number of piperidine rings is 1. The van der Waals surface area contributed by atoms with E-state index in [4.69, 9.17) is 0 Å². The largest absolute Gasteiger partial charge is 0.352 e. The average Bonchev–Trinajstić information content (AvgIpc) is 2.94. The van der Waals surface area contributed by atoms with E-state index in [1.807, 2.05) is 48.9 Å². The first-order chi connectivity index (χ1) is 12.5. The first kappa shape index (κ1) is 18.2. The highest BCUT2D eigenvalue weighted by Gasteiger charge is 2.27. The summed E-state index contributed by atoms with van der Waals surface area (Å²) in [6.45, 7) is 7.27. The molecule has 3 rings (SSSR count). The number of nitrogens with one attached hydrogen (secondary N) is 1. The molecule has 0 radical (unpaired) electrons. The summed E-state index contributed by atoms with van der Waals surface area (Å²) >= 11 is 0. The molecule has 1 atom stereocenters. The summed E-state index contributed by atoms with van der Waals surface area (Å²) in [5.74, 6) is -0.0713. The molecule has 0 aliphatic carbocycles. The Morgan fingerprint density at radius 3 is 2.65 bits per heavy atom. The molecule has 6 heteroatoms. The molecule has 26 heavy (non-hydrogen) atoms. The fraction of sp³-hybridized carbons (Fsp3) is 0.450. The Hall–Kier alpha value is -2.63. The van der Waals surface area contributed by atoms with E-state index in [-0.39, 0.29) is 17.7 Å². The summed E-state index contributed by atoms with van der Waals surface area (Å²) in [5, 5.41) is 7.66. The van der Waals surface area contributed by atoms with Crippen molar-refractivity contribution in [1.82, 2.24) is 20.0 Å². The summed E-state index contributed by atoms with van der Waals surface area (Å²) in [5.41, 5.74) is 4.00. The highest BCUT2D eigenvalue weighted by molar-refractivity contribution is 5.80. The lowest BCUT2D eigenvalue weighted by Crippen LogP contribution is -2.44. The van der Waals surface area contributed by atoms with Gasteiger partial charge in [-0.3, -0.25) is 9.59 Å². The molecule has 1 aromatic heterocycles. The van der Waals surface area contributed by atoms with Crippen molar-refractivity contribution in [2.75, 3.05) is 13.1 Å². The van der Waals surface area contributed by atoms with Crippen LogP contribution in [0.4, 0.5) is 0 Å². The third-order valence-electron chi connectivity index (χ3n) is 5.12. The van der Waals surface area contributed by atoms with Crippen molar-refractivity contribution < 1.29 is 9.59 Å². The second-order valence-electron chi connectivity index (χ2n) is 6.92. The van der Waals surface area contributed by atoms with Crippen molar-refractivity contribution in [2.45, 2.75) is 40.2 Å². The minimum Gasteiger partial charge on any atom is -0.352 e. The van der Waals surface area contributed by atoms with E-state index >= 15 is 0 Å². The molecule has 2 heterocycles. The minimum atomic E-state index is -0.127. The zero-order valence-electron chi connectivity index (χ0n) is 15.7. The lowest BCUT2D eigenvalue weighted by Gasteiger charge is -2.31. The second kappa shape index (κ2) is 7.72. The van der Waals surface area contributed by atoms with Crippen LogP contribution in [0.25, 0.3) is 5.69 Å². The van der Waals surface area contributed by atoms with Crippen LogP contribution in [0.2, 0.25) is 0 Å². The van der Waals surface area contributed by atoms with Crippen molar-refractivity contribution in [3.63, 3.8) is 0 Å². The molecular weight excluding hydrogens is 328 g/mol. The lowest BCUT2D eigenvalue weighted by molar-refractivity contribution is -0.134. The number of benzene rings is 1. The molecule has 0 spiro atoms. The van der Waals surface area contributed by atoms with Gasteiger partial charge >= 0.3 is 0 Å². The molecule has 138 valence electrons. The third-order valence-corrected chi connectivity index (χ3v) is 5.12. The molecule has 6 nitrogen and oxygen atoms in total. The van der Waals surface area contributed by atoms with Gasteiger partial charge < -0.3 is 10.2 Å². The number of para-hydroxylation sites is 1. The number of carbonyl (C=O) groups is 2. The second-order valence-corrected chi connectivity index (χ2v) is 6.92. The molecule has 1 saturated heterocycles. The van der Waals surface area contributed by atoms with E-state index in [1.54, 1.807) is 11.8 Å². The van der Waals surface area contributed by atoms with Gasteiger partial charge in [-0.05, 0) is 38.8 Å². The zero-order valence-corrected chi connectivity index (χ0v) is 15.7. The van der Waals surface area contributed by atoms with Gasteiger partial charge in [-0.15, -0.1) is 0 Å². The number of aryl methyl sites for hydroxylation is 1. The van der Waals surface area contributed by atoms with Crippen LogP contribution >= 0.6 is 0 Å². The highest BCUT2D eigenvalue weighted by Crippen LogP contribution is 2.19. The molecule has 1 aromatic carbocycles. The lowest BCUT2D eigenvalue weighted by atomic mass is 9.97. The number of nitrogens with zero attached hydrogens (tertiary/aromatic N) is 3. The van der Waals surface area contributed by atoms with Crippen molar-refractivity contribution in [1.29, 1.82) is 0 Å². The summed E-state index contributed by atoms with van der Waals surface area (Å²) in [7, 11) is 0. The number of hydrogen-bond acceptors (Lipinski definition) is 3. The van der Waals surface area contributed by atoms with Gasteiger partial charge in [-0.25, -0.2) is 4.68 Å². The van der Waals surface area contributed by atoms with Crippen molar-refractivity contribution >= 4 is 11.8 Å². The van der Waals surface area contributed by atoms with Crippen LogP contribution in [0.3, 0.4) is 0 Å². The maximum atomic E-state index is 12.6. The van der Waals surface area contributed by atoms with Crippen LogP contribution in [0.5, 0.6) is 0 Å². The summed E-state index contributed by atoms with van der Waals surface area (Å²) in [4.78, 5) is 25.9. The van der Waals surface area contributed by atoms with Crippen LogP contribution in [0.15, 0.2) is 30.3 Å². The van der Waals surface area contributed by atoms with Crippen molar-refractivity contribution in [3.8, 4) is 5.69 Å². The Labute approximate surface area is 154 Å². The Morgan fingerprint density at radius 2 is 1.96 bits per heavy atom. The Bertz CT molecular complexity index is 798. The highest BCUT2D eigenvalue weighted by atomic mass is 16.2. The minimum absolute atomic E-state index is 0.0159. The predicted octanol–water partition coefficient (Wildman–Crippen LogP) is 2.36. The number of amides is 2. The molecular formula is C20H26N4O2. The van der Waals surface area contributed by atoms with E-state index in [1.165, 1.54) is 0 Å². The molecule has 2 aromatic rings. The third kappa shape index (κ3) is 3.79. The molecule has 0 saturated carbocycles. The van der Waals surface area contributed by atoms with E-state index in [0.717, 1.165) is 42.0 Å². The Kier molecular flexibility index (Phi) is 5.40. The molecule has 2 amide bonds. The zero-order chi connectivity index (χ0) is 18.7. The van der Waals surface area contributed by atoms with Crippen molar-refractivity contribution in [2.24, 2.45) is 5.92 Å². The summed E-state index contributed by atoms with van der Waals surface area (Å²) < 4.78 is 1.91. The monoisotopic (exact) mass is 354 g/mol. The van der Waals surface area contributed by atoms with Crippen LogP contribution < -0.4 is 5.32 Å². The van der Waals surface area contributed by atoms with E-state index in [0.29, 0.717) is 13.1 Å². The number of likely N-dealkylation sites (tertiary alicyclic amines) is 1. The number of carbonyl (C=O) groups excluding carboxylic acids is 2. The Balaban J connectivity index is 1.67. The quantitative estimate of drug-likeness (QED) is 0.916. The molecule has 1 aliphatic heterocycles. The van der Waals surface area contributed by atoms with Gasteiger partial charge in [0.05, 0.1) is 17.3 Å². The SMILES string of the molecule is CC(=O)N1CCC[C@H](C(=O)NCc2c(C)nn(-c3ccccc3)c2C)C1. The number of rotatable bonds is 4. The van der Waals surface area contributed by atoms with Gasteiger partial charge in [0, 0.05) is 37.8 Å². The van der Waals surface area contributed by atoms with Crippen LogP contribution in [-0.4, -0.2) is 39.6 Å². The topological polar surface area (TPSA) is 67.2 Å². The summed E-state index contributed by atoms with van der Waals surface area (Å²) in [6.07, 6.45) is 1.71. The first-order valence-electron chi connectivity index (χ1n) is 9.11. The molecule has 1 aliphatic rings. The smallest absolute Gasteiger partial charge is 0.225 e. The van der Waals surface area contributed by atoms with Crippen LogP contribution in [0, 0.1) is 19.8 Å². The fourth-order valence-electron chi connectivity index (χ4n) is 3.55. The summed E-state index contributed by atoms with van der Waals surface area (Å²) in [6, 6.07) is 9.97. The maximum absolute atomic E-state index is 12.6. The van der Waals surface area contributed by atoms with Crippen molar-refractivity contribution in [3.05, 3.63) is 47.3 Å². The van der Waals surface area contributed by atoms with Crippen LogP contribution in [0.1, 0.15) is 36.7 Å². The molecule has 0 unspecified atom stereocenters. The molecule has 0 bridgehead atoms. The van der Waals surface area contributed by atoms with Gasteiger partial charge in [-0.1, -0.05) is 18.2 Å². The Morgan fingerprint density at radius 1 is 1.23 bits per heavy atom. The fourth-order valence-corrected chi connectivity index (χ4v) is 3.55. The van der Waals surface area contributed by atoms with E-state index < -0.39 is 0 Å². The van der Waals surface area contributed by atoms with E-state index in [9.17, 15) is 9.59 Å². The number of hydrogen-bond donors (Lipinski definition) is 1. The molecule has 1 N–H and O–H groups in total. The van der Waals surface area contributed by atoms with Gasteiger partial charge in [-0.2, -0.15) is 5.10 Å². The average molecular weight is 354 g/mol. The first-order valence-corrected chi connectivity index (χ1v) is 9.11. The normalized spacial score (nSPS) is 17.2. The van der Waals surface area contributed by atoms with Gasteiger partial charge in [0.25, 0.3) is 0 Å².